The van der Waals surface area contributed by atoms with Crippen LogP contribution in [0.5, 0.6) is 0 Å². The van der Waals surface area contributed by atoms with Crippen LogP contribution in [0, 0.1) is 34.6 Å². The Morgan fingerprint density at radius 1 is 0.460 bits per heavy atom. The number of esters is 1. The monoisotopic (exact) mass is 2210 g/mol. The molecule has 0 saturated heterocycles. The molecule has 0 saturated carbocycles. The standard InChI is InChI=1S/C34H33ClN5O3S.C33H30ClN5O3S.C13H11BrN4.C7H6N3.C6H5Br2N.3C4H9.Sn/c1-19-16-24-31(29(20-8-10-22(35)11-9-20)28(19)30(33(41)42-7)43-34(2,3)4)44-32(38-24)21-14-15-39(5)27(17-21)23-12-13-26-25(37-23)18-36-40(26)6;1-17-13-24-30(28(19-7-9-21(34)10-8-19)27(17)29(32(40)41)42-33(3,4)5)43-31(38-24)20-14-22(18(2)35-15-20)23-11-12-26-25(37-23)16-36-39(26)6;1-8-10(5-9(14)6-15-8)11-3-4-13-12(17-11)7-16-18(13)2;1-10-7-3-2-4-8-6(7)5-9-10;1-4-6(8)2-5(7)3-9-4;3*1-3-4-2;/h8-18,30H,1-7H3;7-16,29H,1-6H3,(H,40,41);3-7H,1-2H3;2-3,5H,1H3;2-3H,1H3;3*1,3-4H2,2H3;/q+1;;;;;;;;/t30-;29-;;;;;;;/m00......./s1. The number of hydrogen-bond acceptors (Lipinski definition) is 20. The average molecular weight is 2220 g/mol. The van der Waals surface area contributed by atoms with Crippen LogP contribution in [0.1, 0.15) is 152 Å². The molecule has 14 heterocycles. The maximum atomic E-state index is 13.2. The van der Waals surface area contributed by atoms with Gasteiger partial charge in [-0.05, 0) is 237 Å². The molecule has 2 atom stereocenters. The fourth-order valence-electron chi connectivity index (χ4n) is 16.7. The molecule has 32 heteroatoms. The van der Waals surface area contributed by atoms with Gasteiger partial charge < -0.3 is 19.3 Å². The Kier molecular flexibility index (Phi) is 33.1. The first kappa shape index (κ1) is 102. The molecule has 0 aliphatic rings. The molecular weight excluding hydrogens is 2100 g/mol. The van der Waals surface area contributed by atoms with Crippen LogP contribution in [-0.2, 0) is 59.0 Å². The number of methoxy groups -OCH3 is 1. The maximum Gasteiger partial charge on any atom is 0.339 e. The van der Waals surface area contributed by atoms with Gasteiger partial charge in [0, 0.05) is 131 Å². The smallest absolute Gasteiger partial charge is 0.339 e. The molecule has 1 N–H and O–H groups in total. The number of rotatable bonds is 23. The number of hydrogen-bond donors (Lipinski definition) is 1. The first-order valence-corrected chi connectivity index (χ1v) is 57.7. The van der Waals surface area contributed by atoms with Crippen molar-refractivity contribution >= 4 is 192 Å². The Bertz CT molecular complexity index is 7430. The molecule has 4 aromatic carbocycles. The van der Waals surface area contributed by atoms with Crippen molar-refractivity contribution in [3.63, 3.8) is 0 Å². The molecule has 24 nitrogen and oxygen atoms in total. The van der Waals surface area contributed by atoms with Gasteiger partial charge in [-0.2, -0.15) is 19.9 Å². The zero-order valence-corrected chi connectivity index (χ0v) is 91.4. The second-order valence-corrected chi connectivity index (χ2v) is 54.7. The second-order valence-electron chi connectivity index (χ2n) is 36.1. The zero-order chi connectivity index (χ0) is 98.2. The summed E-state index contributed by atoms with van der Waals surface area (Å²) in [6.07, 6.45) is 20.6. The Labute approximate surface area is 845 Å². The predicted molar refractivity (Wildman–Crippen MR) is 568 cm³/mol. The van der Waals surface area contributed by atoms with Gasteiger partial charge in [0.15, 0.2) is 18.4 Å². The molecule has 18 aromatic rings. The minimum atomic E-state index is -2.38. The van der Waals surface area contributed by atoms with Crippen molar-refractivity contribution in [1.82, 2.24) is 84.0 Å². The third-order valence-electron chi connectivity index (χ3n) is 23.8. The van der Waals surface area contributed by atoms with E-state index in [2.05, 4.69) is 134 Å². The van der Waals surface area contributed by atoms with Gasteiger partial charge in [0.1, 0.15) is 39.3 Å². The third-order valence-corrected chi connectivity index (χ3v) is 43.4. The van der Waals surface area contributed by atoms with Crippen LogP contribution < -0.4 is 8.28 Å². The van der Waals surface area contributed by atoms with Crippen LogP contribution in [-0.4, -0.2) is 138 Å². The van der Waals surface area contributed by atoms with E-state index in [1.807, 2.05) is 246 Å². The molecule has 0 fully saturated rings. The number of aryl methyl sites for hydroxylation is 10. The maximum absolute atomic E-state index is 13.2. The van der Waals surface area contributed by atoms with Crippen molar-refractivity contribution in [2.45, 2.75) is 172 Å². The molecule has 0 spiro atoms. The van der Waals surface area contributed by atoms with Gasteiger partial charge in [-0.15, -0.1) is 22.7 Å². The number of nitrogens with zero attached hydrogens (tertiary/aromatic N) is 18. The number of pyridine rings is 8. The SMILES string of the molecule is CCC[CH2][Sn]([CH2]CCC)([CH2]CCC)[c]1ccc2c(cnn2C)n1.COC(=O)[C@@H](OC(C)(C)C)c1c(C)cc2nc(-c3cc[n+](C)c(-c4ccc5c(cnn5C)n4)c3)sc2c1-c1ccc(Cl)cc1.Cc1cc2nc(-c3cnc(C)c(-c4ccc5c(cnn5C)n4)c3)sc2c(-c2ccc(Cl)cc2)c1[C@H](OC(C)(C)C)C(=O)O.Cc1ncc(Br)cc1-c1ccc2c(cnn2C)n1.Cc1ncc(Br)cc1Br. The van der Waals surface area contributed by atoms with Crippen LogP contribution in [0.3, 0.4) is 0 Å². The van der Waals surface area contributed by atoms with Crippen molar-refractivity contribution in [3.8, 4) is 77.3 Å². The topological polar surface area (TPSA) is 273 Å². The van der Waals surface area contributed by atoms with Gasteiger partial charge in [-0.25, -0.2) is 34.5 Å². The molecule has 0 amide bonds. The molecule has 708 valence electrons. The van der Waals surface area contributed by atoms with Gasteiger partial charge in [0.2, 0.25) is 5.69 Å². The van der Waals surface area contributed by atoms with E-state index in [0.717, 1.165) is 189 Å². The van der Waals surface area contributed by atoms with Gasteiger partial charge in [-0.1, -0.05) is 47.5 Å². The Morgan fingerprint density at radius 2 is 0.861 bits per heavy atom. The quantitative estimate of drug-likeness (QED) is 0.0354. The summed E-state index contributed by atoms with van der Waals surface area (Å²) in [6.45, 7) is 28.1. The number of halogens is 5. The molecule has 14 aromatic heterocycles. The number of fused-ring (bicyclic) bond motifs is 6. The molecular formula is C105H112Br3Cl2N18O6S2Sn+. The normalized spacial score (nSPS) is 12.2. The predicted octanol–water partition coefficient (Wildman–Crippen LogP) is 26.6. The number of benzene rings is 4. The summed E-state index contributed by atoms with van der Waals surface area (Å²) in [4.78, 5) is 68.6. The summed E-state index contributed by atoms with van der Waals surface area (Å²) >= 11 is 23.3. The van der Waals surface area contributed by atoms with Gasteiger partial charge in [-0.3, -0.25) is 29.0 Å². The van der Waals surface area contributed by atoms with Crippen molar-refractivity contribution in [2.75, 3.05) is 7.11 Å². The Morgan fingerprint density at radius 3 is 1.30 bits per heavy atom. The molecule has 18 rings (SSSR count). The first-order valence-electron chi connectivity index (χ1n) is 45.4. The number of carbonyl (C=O) groups is 2. The summed E-state index contributed by atoms with van der Waals surface area (Å²) in [6, 6.07) is 45.9. The molecule has 0 unspecified atom stereocenters. The van der Waals surface area contributed by atoms with Crippen molar-refractivity contribution in [2.24, 2.45) is 35.2 Å². The van der Waals surface area contributed by atoms with Crippen LogP contribution in [0.15, 0.2) is 203 Å². The largest absolute Gasteiger partial charge is 0.479 e. The fourth-order valence-corrected chi connectivity index (χ4v) is 36.0. The summed E-state index contributed by atoms with van der Waals surface area (Å²) in [7, 11) is 11.1. The third kappa shape index (κ3) is 24.0. The van der Waals surface area contributed by atoms with Crippen molar-refractivity contribution in [3.05, 3.63) is 252 Å². The van der Waals surface area contributed by atoms with E-state index in [9.17, 15) is 14.7 Å². The van der Waals surface area contributed by atoms with Gasteiger partial charge in [0.05, 0.1) is 91.0 Å². The minimum Gasteiger partial charge on any atom is -0.479 e. The summed E-state index contributed by atoms with van der Waals surface area (Å²) < 4.78 is 37.9. The second kappa shape index (κ2) is 44.3. The number of carboxylic acids is 1. The molecule has 0 aliphatic heterocycles. The molecule has 0 bridgehead atoms. The van der Waals surface area contributed by atoms with Crippen LogP contribution in [0.4, 0.5) is 0 Å². The van der Waals surface area contributed by atoms with Crippen molar-refractivity contribution in [1.29, 1.82) is 0 Å². The number of aromatic nitrogens is 18. The zero-order valence-electron chi connectivity index (χ0n) is 80.7. The molecule has 0 aliphatic carbocycles. The number of carboxylic acid groups (broad SMARTS) is 1. The van der Waals surface area contributed by atoms with Crippen LogP contribution >= 0.6 is 93.7 Å². The minimum absolute atomic E-state index is 0.458. The van der Waals surface area contributed by atoms with E-state index in [4.69, 9.17) is 67.3 Å². The number of unbranched alkanes of at least 4 members (excludes halogenated alkanes) is 3. The average Bonchev–Trinajstić information content (AvgIpc) is 1.65. The molecule has 137 heavy (non-hydrogen) atoms. The Balaban J connectivity index is 0.000000149. The van der Waals surface area contributed by atoms with Crippen LogP contribution in [0.2, 0.25) is 23.4 Å². The van der Waals surface area contributed by atoms with E-state index >= 15 is 0 Å². The fraction of sp³-hybridized carbons (Fsp3) is 0.314. The van der Waals surface area contributed by atoms with E-state index in [1.165, 1.54) is 74.0 Å². The number of aliphatic carboxylic acids is 1. The number of ether oxygens (including phenoxy) is 3. The first-order chi connectivity index (χ1) is 65.3. The van der Waals surface area contributed by atoms with E-state index in [1.54, 1.807) is 59.1 Å². The van der Waals surface area contributed by atoms with Gasteiger partial charge >= 0.3 is 158 Å². The van der Waals surface area contributed by atoms with Crippen molar-refractivity contribution < 1.29 is 33.5 Å². The van der Waals surface area contributed by atoms with E-state index < -0.39 is 53.7 Å². The van der Waals surface area contributed by atoms with Gasteiger partial charge in [0.25, 0.3) is 0 Å². The number of carbonyl (C=O) groups excluding carboxylic acids is 1. The Hall–Kier alpha value is -10.6. The van der Waals surface area contributed by atoms with E-state index in [0.29, 0.717) is 15.6 Å². The van der Waals surface area contributed by atoms with Crippen LogP contribution in [0.25, 0.3) is 142 Å². The molecule has 0 radical (unpaired) electrons. The number of thiazole rings is 2. The summed E-state index contributed by atoms with van der Waals surface area (Å²) in [5.41, 5.74) is 24.6. The summed E-state index contributed by atoms with van der Waals surface area (Å²) in [5.74, 6) is -1.51. The van der Waals surface area contributed by atoms with E-state index in [-0.39, 0.29) is 0 Å². The summed E-state index contributed by atoms with van der Waals surface area (Å²) in [5, 5.41) is 30.4.